The Morgan fingerprint density at radius 2 is 2.21 bits per heavy atom. The van der Waals surface area contributed by atoms with Crippen LogP contribution in [-0.4, -0.2) is 12.7 Å². The van der Waals surface area contributed by atoms with E-state index in [1.165, 1.54) is 24.8 Å². The molecule has 2 fully saturated rings. The van der Waals surface area contributed by atoms with Crippen molar-refractivity contribution in [1.82, 2.24) is 0 Å². The first-order valence-corrected chi connectivity index (χ1v) is 7.06. The van der Waals surface area contributed by atoms with E-state index in [9.17, 15) is 4.79 Å². The van der Waals surface area contributed by atoms with Gasteiger partial charge in [-0.25, -0.2) is 4.79 Å². The van der Waals surface area contributed by atoms with E-state index in [0.29, 0.717) is 5.92 Å². The third-order valence-electron chi connectivity index (χ3n) is 4.32. The summed E-state index contributed by atoms with van der Waals surface area (Å²) < 4.78 is 5.98. The van der Waals surface area contributed by atoms with Crippen LogP contribution in [0.15, 0.2) is 23.2 Å². The molecular formula is C16H19NO2. The van der Waals surface area contributed by atoms with Crippen molar-refractivity contribution in [2.24, 2.45) is 10.9 Å². The third-order valence-corrected chi connectivity index (χ3v) is 4.32. The zero-order valence-corrected chi connectivity index (χ0v) is 11.3. The van der Waals surface area contributed by atoms with Crippen molar-refractivity contribution in [2.75, 3.05) is 6.61 Å². The van der Waals surface area contributed by atoms with Crippen LogP contribution >= 0.6 is 0 Å². The van der Waals surface area contributed by atoms with Crippen LogP contribution in [0.25, 0.3) is 0 Å². The molecule has 2 aliphatic carbocycles. The Labute approximate surface area is 113 Å². The topological polar surface area (TPSA) is 38.7 Å². The third kappa shape index (κ3) is 2.43. The lowest BCUT2D eigenvalue weighted by Gasteiger charge is -2.26. The van der Waals surface area contributed by atoms with Crippen LogP contribution in [0.3, 0.4) is 0 Å². The van der Waals surface area contributed by atoms with Crippen molar-refractivity contribution >= 4 is 6.08 Å². The number of rotatable bonds is 5. The quantitative estimate of drug-likeness (QED) is 0.598. The molecule has 3 nitrogen and oxygen atoms in total. The SMILES string of the molecule is Cc1ccc(OCC2CCC2)c(C2(N=C=O)CC2)c1. The van der Waals surface area contributed by atoms with E-state index in [-0.39, 0.29) is 5.54 Å². The molecule has 19 heavy (non-hydrogen) atoms. The van der Waals surface area contributed by atoms with Crippen molar-refractivity contribution in [1.29, 1.82) is 0 Å². The number of aryl methyl sites for hydroxylation is 1. The summed E-state index contributed by atoms with van der Waals surface area (Å²) in [4.78, 5) is 14.6. The number of hydrogen-bond acceptors (Lipinski definition) is 3. The zero-order chi connectivity index (χ0) is 13.3. The van der Waals surface area contributed by atoms with Gasteiger partial charge in [-0.1, -0.05) is 18.1 Å². The fraction of sp³-hybridized carbons (Fsp3) is 0.562. The second kappa shape index (κ2) is 4.82. The Morgan fingerprint density at radius 3 is 2.79 bits per heavy atom. The number of carbonyl (C=O) groups excluding carboxylic acids is 1. The highest BCUT2D eigenvalue weighted by molar-refractivity contribution is 5.48. The van der Waals surface area contributed by atoms with Gasteiger partial charge in [0.1, 0.15) is 11.3 Å². The molecule has 0 bridgehead atoms. The van der Waals surface area contributed by atoms with E-state index in [0.717, 1.165) is 30.8 Å². The number of isocyanates is 1. The number of ether oxygens (including phenoxy) is 1. The van der Waals surface area contributed by atoms with E-state index >= 15 is 0 Å². The van der Waals surface area contributed by atoms with E-state index < -0.39 is 0 Å². The van der Waals surface area contributed by atoms with Gasteiger partial charge in [-0.05, 0) is 50.7 Å². The minimum atomic E-state index is -0.345. The van der Waals surface area contributed by atoms with Crippen LogP contribution in [-0.2, 0) is 10.3 Å². The summed E-state index contributed by atoms with van der Waals surface area (Å²) in [5, 5.41) is 0. The molecule has 2 aliphatic rings. The second-order valence-electron chi connectivity index (χ2n) is 5.84. The van der Waals surface area contributed by atoms with Crippen LogP contribution < -0.4 is 4.74 Å². The highest BCUT2D eigenvalue weighted by atomic mass is 16.5. The fourth-order valence-electron chi connectivity index (χ4n) is 2.65. The van der Waals surface area contributed by atoms with Crippen LogP contribution in [0.2, 0.25) is 0 Å². The normalized spacial score (nSPS) is 20.3. The van der Waals surface area contributed by atoms with Crippen LogP contribution in [0, 0.1) is 12.8 Å². The lowest BCUT2D eigenvalue weighted by atomic mass is 9.86. The molecule has 2 saturated carbocycles. The first-order chi connectivity index (χ1) is 9.23. The van der Waals surface area contributed by atoms with Crippen LogP contribution in [0.1, 0.15) is 43.2 Å². The average Bonchev–Trinajstić information content (AvgIpc) is 3.10. The molecule has 3 rings (SSSR count). The maximum Gasteiger partial charge on any atom is 0.235 e. The molecule has 1 aromatic rings. The minimum absolute atomic E-state index is 0.345. The summed E-state index contributed by atoms with van der Waals surface area (Å²) in [6.07, 6.45) is 7.45. The van der Waals surface area contributed by atoms with Gasteiger partial charge in [0.25, 0.3) is 0 Å². The number of benzene rings is 1. The molecule has 3 heteroatoms. The smallest absolute Gasteiger partial charge is 0.235 e. The standard InChI is InChI=1S/C16H19NO2/c1-12-5-6-15(19-10-13-3-2-4-13)14(9-12)16(7-8-16)17-11-18/h5-6,9,13H,2-4,7-8,10H2,1H3. The lowest BCUT2D eigenvalue weighted by Crippen LogP contribution is -2.20. The minimum Gasteiger partial charge on any atom is -0.493 e. The highest BCUT2D eigenvalue weighted by Gasteiger charge is 2.47. The second-order valence-corrected chi connectivity index (χ2v) is 5.84. The highest BCUT2D eigenvalue weighted by Crippen LogP contribution is 2.52. The largest absolute Gasteiger partial charge is 0.493 e. The van der Waals surface area contributed by atoms with Crippen LogP contribution in [0.5, 0.6) is 5.75 Å². The van der Waals surface area contributed by atoms with Gasteiger partial charge < -0.3 is 4.74 Å². The van der Waals surface area contributed by atoms with Gasteiger partial charge in [0.15, 0.2) is 0 Å². The summed E-state index contributed by atoms with van der Waals surface area (Å²) in [6.45, 7) is 2.84. The first-order valence-electron chi connectivity index (χ1n) is 7.06. The average molecular weight is 257 g/mol. The van der Waals surface area contributed by atoms with Crippen LogP contribution in [0.4, 0.5) is 0 Å². The Bertz CT molecular complexity index is 524. The monoisotopic (exact) mass is 257 g/mol. The van der Waals surface area contributed by atoms with Crippen molar-refractivity contribution < 1.29 is 9.53 Å². The van der Waals surface area contributed by atoms with Crippen molar-refractivity contribution in [3.05, 3.63) is 29.3 Å². The predicted octanol–water partition coefficient (Wildman–Crippen LogP) is 3.50. The van der Waals surface area contributed by atoms with Gasteiger partial charge in [-0.3, -0.25) is 0 Å². The van der Waals surface area contributed by atoms with Crippen molar-refractivity contribution in [2.45, 2.75) is 44.6 Å². The molecule has 0 saturated heterocycles. The molecule has 0 unspecified atom stereocenters. The van der Waals surface area contributed by atoms with E-state index in [1.54, 1.807) is 6.08 Å². The molecule has 100 valence electrons. The molecule has 0 atom stereocenters. The number of hydrogen-bond donors (Lipinski definition) is 0. The fourth-order valence-corrected chi connectivity index (χ4v) is 2.65. The molecule has 0 amide bonds. The first kappa shape index (κ1) is 12.4. The molecule has 0 aliphatic heterocycles. The Balaban J connectivity index is 1.84. The molecule has 0 heterocycles. The molecule has 0 aromatic heterocycles. The van der Waals surface area contributed by atoms with E-state index in [4.69, 9.17) is 4.74 Å². The van der Waals surface area contributed by atoms with Gasteiger partial charge in [0.2, 0.25) is 6.08 Å². The Hall–Kier alpha value is -1.60. The molecule has 1 aromatic carbocycles. The summed E-state index contributed by atoms with van der Waals surface area (Å²) in [5.41, 5.74) is 1.90. The summed E-state index contributed by atoms with van der Waals surface area (Å²) in [5.74, 6) is 1.60. The lowest BCUT2D eigenvalue weighted by molar-refractivity contribution is 0.178. The van der Waals surface area contributed by atoms with Gasteiger partial charge in [0.05, 0.1) is 6.61 Å². The molecular weight excluding hydrogens is 238 g/mol. The Morgan fingerprint density at radius 1 is 1.42 bits per heavy atom. The van der Waals surface area contributed by atoms with Gasteiger partial charge >= 0.3 is 0 Å². The van der Waals surface area contributed by atoms with Crippen molar-refractivity contribution in [3.63, 3.8) is 0 Å². The number of aliphatic imine (C=N–C) groups is 1. The summed E-state index contributed by atoms with van der Waals surface area (Å²) in [7, 11) is 0. The number of nitrogens with zero attached hydrogens (tertiary/aromatic N) is 1. The molecule has 0 N–H and O–H groups in total. The summed E-state index contributed by atoms with van der Waals surface area (Å²) >= 11 is 0. The maximum atomic E-state index is 10.6. The van der Waals surface area contributed by atoms with Crippen molar-refractivity contribution in [3.8, 4) is 5.75 Å². The Kier molecular flexibility index (Phi) is 3.16. The van der Waals surface area contributed by atoms with Gasteiger partial charge in [0, 0.05) is 5.56 Å². The maximum absolute atomic E-state index is 10.6. The van der Waals surface area contributed by atoms with E-state index in [1.807, 2.05) is 6.07 Å². The summed E-state index contributed by atoms with van der Waals surface area (Å²) in [6, 6.07) is 6.17. The van der Waals surface area contributed by atoms with Gasteiger partial charge in [-0.15, -0.1) is 0 Å². The zero-order valence-electron chi connectivity index (χ0n) is 11.3. The predicted molar refractivity (Wildman–Crippen MR) is 73.0 cm³/mol. The molecule has 0 spiro atoms. The van der Waals surface area contributed by atoms with Gasteiger partial charge in [-0.2, -0.15) is 4.99 Å². The van der Waals surface area contributed by atoms with E-state index in [2.05, 4.69) is 24.0 Å². The molecule has 0 radical (unpaired) electrons.